The van der Waals surface area contributed by atoms with Crippen molar-refractivity contribution in [2.75, 3.05) is 12.9 Å². The molecule has 0 spiro atoms. The zero-order chi connectivity index (χ0) is 13.7. The molecule has 0 saturated carbocycles. The summed E-state index contributed by atoms with van der Waals surface area (Å²) in [6.45, 7) is 3.04. The normalized spacial score (nSPS) is 10.2. The van der Waals surface area contributed by atoms with E-state index in [4.69, 9.17) is 0 Å². The van der Waals surface area contributed by atoms with Gasteiger partial charge in [0.05, 0.1) is 13.5 Å². The number of Topliss-reactive ketones (excluding diaryl/α,β-unsaturated/α-hetero) is 1. The van der Waals surface area contributed by atoms with E-state index in [2.05, 4.69) is 4.74 Å². The molecule has 0 aliphatic rings. The van der Waals surface area contributed by atoms with E-state index in [0.717, 1.165) is 0 Å². The Morgan fingerprint density at radius 1 is 1.39 bits per heavy atom. The molecule has 0 aliphatic heterocycles. The molecule has 1 rings (SSSR count). The predicted octanol–water partition coefficient (Wildman–Crippen LogP) is 2.99. The quantitative estimate of drug-likeness (QED) is 0.468. The molecule has 1 aromatic carbocycles. The molecule has 0 aliphatic carbocycles. The lowest BCUT2D eigenvalue weighted by atomic mass is 10.1. The number of rotatable bonds is 5. The lowest BCUT2D eigenvalue weighted by Crippen LogP contribution is -2.03. The number of thioether (sulfide) groups is 1. The van der Waals surface area contributed by atoms with E-state index in [0.29, 0.717) is 21.8 Å². The van der Waals surface area contributed by atoms with E-state index in [9.17, 15) is 14.0 Å². The van der Waals surface area contributed by atoms with Crippen LogP contribution in [0.15, 0.2) is 17.0 Å². The Bertz CT molecular complexity index is 472. The molecular formula is C13H15FO3S. The summed E-state index contributed by atoms with van der Waals surface area (Å²) in [6.07, 6.45) is 0.259. The van der Waals surface area contributed by atoms with Gasteiger partial charge in [-0.25, -0.2) is 4.39 Å². The molecule has 18 heavy (non-hydrogen) atoms. The topological polar surface area (TPSA) is 43.4 Å². The van der Waals surface area contributed by atoms with Gasteiger partial charge < -0.3 is 4.74 Å². The summed E-state index contributed by atoms with van der Waals surface area (Å²) >= 11 is 1.35. The van der Waals surface area contributed by atoms with Gasteiger partial charge >= 0.3 is 5.97 Å². The molecule has 0 bridgehead atoms. The average molecular weight is 270 g/mol. The maximum Gasteiger partial charge on any atom is 0.306 e. The summed E-state index contributed by atoms with van der Waals surface area (Å²) in [4.78, 5) is 23.1. The molecule has 0 aromatic heterocycles. The van der Waals surface area contributed by atoms with Crippen molar-refractivity contribution in [2.45, 2.75) is 25.2 Å². The molecule has 0 radical (unpaired) electrons. The van der Waals surface area contributed by atoms with Gasteiger partial charge in [-0.05, 0) is 31.5 Å². The highest BCUT2D eigenvalue weighted by Crippen LogP contribution is 2.26. The van der Waals surface area contributed by atoms with E-state index in [1.54, 1.807) is 13.0 Å². The summed E-state index contributed by atoms with van der Waals surface area (Å²) in [5.41, 5.74) is 0.841. The van der Waals surface area contributed by atoms with Gasteiger partial charge in [-0.2, -0.15) is 0 Å². The Labute approximate surface area is 110 Å². The first-order valence-electron chi connectivity index (χ1n) is 5.46. The number of esters is 1. The Hall–Kier alpha value is -1.36. The molecule has 0 N–H and O–H groups in total. The van der Waals surface area contributed by atoms with Crippen LogP contribution in [0.25, 0.3) is 0 Å². The summed E-state index contributed by atoms with van der Waals surface area (Å²) in [5, 5.41) is 0. The van der Waals surface area contributed by atoms with E-state index in [1.807, 2.05) is 0 Å². The Morgan fingerprint density at radius 2 is 2.06 bits per heavy atom. The third-order valence-corrected chi connectivity index (χ3v) is 3.49. The minimum absolute atomic E-state index is 0.186. The van der Waals surface area contributed by atoms with Crippen LogP contribution < -0.4 is 0 Å². The third kappa shape index (κ3) is 3.84. The molecule has 5 heteroatoms. The first-order valence-corrected chi connectivity index (χ1v) is 6.45. The standard InChI is InChI=1S/C13H15FO3S/c1-8-6-12(18-5-4-13(16)17-3)10(9(2)15)7-11(8)14/h6-7H,4-5H2,1-3H3. The molecule has 0 saturated heterocycles. The van der Waals surface area contributed by atoms with Gasteiger partial charge in [-0.3, -0.25) is 9.59 Å². The lowest BCUT2D eigenvalue weighted by molar-refractivity contribution is -0.140. The van der Waals surface area contributed by atoms with Gasteiger partial charge in [0.15, 0.2) is 5.78 Å². The van der Waals surface area contributed by atoms with Gasteiger partial charge in [0.25, 0.3) is 0 Å². The van der Waals surface area contributed by atoms with Crippen molar-refractivity contribution in [3.05, 3.63) is 29.1 Å². The van der Waals surface area contributed by atoms with Gasteiger partial charge in [0.2, 0.25) is 0 Å². The Kier molecular flexibility index (Phi) is 5.34. The van der Waals surface area contributed by atoms with Crippen molar-refractivity contribution in [1.29, 1.82) is 0 Å². The fraction of sp³-hybridized carbons (Fsp3) is 0.385. The van der Waals surface area contributed by atoms with E-state index < -0.39 is 5.82 Å². The smallest absolute Gasteiger partial charge is 0.306 e. The molecule has 0 heterocycles. The maximum absolute atomic E-state index is 13.4. The van der Waals surface area contributed by atoms with Crippen molar-refractivity contribution in [2.24, 2.45) is 0 Å². The Morgan fingerprint density at radius 3 is 2.61 bits per heavy atom. The number of ether oxygens (including phenoxy) is 1. The number of hydrogen-bond acceptors (Lipinski definition) is 4. The maximum atomic E-state index is 13.4. The highest BCUT2D eigenvalue weighted by atomic mass is 32.2. The summed E-state index contributed by atoms with van der Waals surface area (Å²) in [5.74, 6) is -0.379. The third-order valence-electron chi connectivity index (χ3n) is 2.43. The van der Waals surface area contributed by atoms with Crippen molar-refractivity contribution >= 4 is 23.5 Å². The van der Waals surface area contributed by atoms with Crippen LogP contribution in [0.1, 0.15) is 29.3 Å². The van der Waals surface area contributed by atoms with Crippen LogP contribution in [-0.4, -0.2) is 24.6 Å². The summed E-state index contributed by atoms with van der Waals surface area (Å²) in [7, 11) is 1.33. The van der Waals surface area contributed by atoms with Gasteiger partial charge in [0, 0.05) is 16.2 Å². The van der Waals surface area contributed by atoms with Gasteiger partial charge in [-0.1, -0.05) is 0 Å². The van der Waals surface area contributed by atoms with Crippen LogP contribution in [0.3, 0.4) is 0 Å². The highest BCUT2D eigenvalue weighted by molar-refractivity contribution is 7.99. The van der Waals surface area contributed by atoms with Crippen molar-refractivity contribution in [3.63, 3.8) is 0 Å². The second kappa shape index (κ2) is 6.54. The first-order chi connectivity index (χ1) is 8.45. The number of ketones is 1. The molecule has 0 unspecified atom stereocenters. The minimum Gasteiger partial charge on any atom is -0.469 e. The number of carbonyl (C=O) groups excluding carboxylic acids is 2. The number of aryl methyl sites for hydroxylation is 1. The van der Waals surface area contributed by atoms with Crippen LogP contribution >= 0.6 is 11.8 Å². The fourth-order valence-corrected chi connectivity index (χ4v) is 2.50. The van der Waals surface area contributed by atoms with Gasteiger partial charge in [-0.15, -0.1) is 11.8 Å². The number of carbonyl (C=O) groups is 2. The number of methoxy groups -OCH3 is 1. The van der Waals surface area contributed by atoms with Crippen LogP contribution in [0.4, 0.5) is 4.39 Å². The van der Waals surface area contributed by atoms with Gasteiger partial charge in [0.1, 0.15) is 5.82 Å². The first kappa shape index (κ1) is 14.7. The molecule has 1 aromatic rings. The van der Waals surface area contributed by atoms with Crippen LogP contribution in [0.2, 0.25) is 0 Å². The molecular weight excluding hydrogens is 255 g/mol. The summed E-state index contributed by atoms with van der Waals surface area (Å²) < 4.78 is 17.9. The number of halogens is 1. The second-order valence-corrected chi connectivity index (χ2v) is 4.97. The Balaban J connectivity index is 2.83. The summed E-state index contributed by atoms with van der Waals surface area (Å²) in [6, 6.07) is 2.88. The monoisotopic (exact) mass is 270 g/mol. The molecule has 3 nitrogen and oxygen atoms in total. The fourth-order valence-electron chi connectivity index (χ4n) is 1.40. The molecule has 98 valence electrons. The number of hydrogen-bond donors (Lipinski definition) is 0. The predicted molar refractivity (Wildman–Crippen MR) is 68.5 cm³/mol. The van der Waals surface area contributed by atoms with Crippen LogP contribution in [-0.2, 0) is 9.53 Å². The van der Waals surface area contributed by atoms with Crippen molar-refractivity contribution < 1.29 is 18.7 Å². The lowest BCUT2D eigenvalue weighted by Gasteiger charge is -2.08. The second-order valence-electron chi connectivity index (χ2n) is 3.83. The van der Waals surface area contributed by atoms with E-state index in [1.165, 1.54) is 31.9 Å². The largest absolute Gasteiger partial charge is 0.469 e. The zero-order valence-corrected chi connectivity index (χ0v) is 11.4. The average Bonchev–Trinajstić information content (AvgIpc) is 2.32. The molecule has 0 atom stereocenters. The molecule has 0 amide bonds. The minimum atomic E-state index is -0.391. The number of benzene rings is 1. The van der Waals surface area contributed by atoms with Crippen LogP contribution in [0, 0.1) is 12.7 Å². The van der Waals surface area contributed by atoms with E-state index >= 15 is 0 Å². The molecule has 0 fully saturated rings. The zero-order valence-electron chi connectivity index (χ0n) is 10.6. The highest BCUT2D eigenvalue weighted by Gasteiger charge is 2.12. The van der Waals surface area contributed by atoms with Crippen LogP contribution in [0.5, 0.6) is 0 Å². The van der Waals surface area contributed by atoms with E-state index in [-0.39, 0.29) is 18.2 Å². The van der Waals surface area contributed by atoms with Crippen molar-refractivity contribution in [1.82, 2.24) is 0 Å². The van der Waals surface area contributed by atoms with Crippen molar-refractivity contribution in [3.8, 4) is 0 Å². The SMILES string of the molecule is COC(=O)CCSc1cc(C)c(F)cc1C(C)=O.